The number of fused-ring (bicyclic) bond motifs is 2. The molecule has 6 heteroatoms. The Bertz CT molecular complexity index is 1490. The van der Waals surface area contributed by atoms with Crippen LogP contribution in [0.15, 0.2) is 79.0 Å². The lowest BCUT2D eigenvalue weighted by molar-refractivity contribution is 0.0602. The average Bonchev–Trinajstić information content (AvgIpc) is 3.50. The van der Waals surface area contributed by atoms with Gasteiger partial charge in [-0.25, -0.2) is 4.79 Å². The first-order chi connectivity index (χ1) is 16.7. The molecule has 34 heavy (non-hydrogen) atoms. The summed E-state index contributed by atoms with van der Waals surface area (Å²) in [6.45, 7) is 0. The minimum Gasteiger partial charge on any atom is -0.465 e. The van der Waals surface area contributed by atoms with E-state index in [2.05, 4.69) is 40.6 Å². The Balaban J connectivity index is 1.39. The van der Waals surface area contributed by atoms with Crippen LogP contribution in [0, 0.1) is 11.3 Å². The average molecular weight is 466 g/mol. The second-order valence-corrected chi connectivity index (χ2v) is 9.21. The number of ether oxygens (including phenoxy) is 1. The number of hydrogen-bond acceptors (Lipinski definition) is 5. The molecule has 5 rings (SSSR count). The first-order valence-electron chi connectivity index (χ1n) is 11.1. The summed E-state index contributed by atoms with van der Waals surface area (Å²) in [6, 6.07) is 26.0. The number of anilines is 1. The van der Waals surface area contributed by atoms with Crippen molar-refractivity contribution in [2.75, 3.05) is 12.4 Å². The van der Waals surface area contributed by atoms with Crippen molar-refractivity contribution >= 4 is 44.0 Å². The largest absolute Gasteiger partial charge is 0.465 e. The Labute approximate surface area is 201 Å². The molecule has 0 aliphatic carbocycles. The van der Waals surface area contributed by atoms with E-state index in [9.17, 15) is 10.1 Å². The molecule has 0 radical (unpaired) electrons. The number of nitrogens with one attached hydrogen (secondary N) is 2. The number of rotatable bonds is 7. The van der Waals surface area contributed by atoms with Gasteiger partial charge in [0, 0.05) is 32.4 Å². The summed E-state index contributed by atoms with van der Waals surface area (Å²) in [5, 5.41) is 15.4. The molecular weight excluding hydrogens is 442 g/mol. The van der Waals surface area contributed by atoms with Gasteiger partial charge in [0.15, 0.2) is 0 Å². The van der Waals surface area contributed by atoms with E-state index >= 15 is 0 Å². The lowest BCUT2D eigenvalue weighted by Crippen LogP contribution is -2.20. The topological polar surface area (TPSA) is 77.9 Å². The third-order valence-electron chi connectivity index (χ3n) is 6.00. The third kappa shape index (κ3) is 4.26. The number of carbonyl (C=O) groups is 1. The van der Waals surface area contributed by atoms with Gasteiger partial charge in [-0.05, 0) is 59.7 Å². The molecule has 0 spiro atoms. The molecule has 0 bridgehead atoms. The monoisotopic (exact) mass is 465 g/mol. The summed E-state index contributed by atoms with van der Waals surface area (Å²) in [7, 11) is 1.37. The van der Waals surface area contributed by atoms with Gasteiger partial charge in [0.1, 0.15) is 6.04 Å². The molecule has 2 heterocycles. The Kier molecular flexibility index (Phi) is 6.03. The first-order valence-corrected chi connectivity index (χ1v) is 11.9. The molecular formula is C28H23N3O2S. The van der Waals surface area contributed by atoms with Gasteiger partial charge in [0.25, 0.3) is 0 Å². The quantitative estimate of drug-likeness (QED) is 0.260. The normalized spacial score (nSPS) is 11.9. The minimum atomic E-state index is -0.452. The van der Waals surface area contributed by atoms with Crippen molar-refractivity contribution in [3.05, 3.63) is 90.1 Å². The number of nitrogens with zero attached hydrogens (tertiary/aromatic N) is 1. The molecule has 0 aliphatic rings. The highest BCUT2D eigenvalue weighted by molar-refractivity contribution is 7.22. The number of aromatic amines is 1. The highest BCUT2D eigenvalue weighted by Crippen LogP contribution is 2.35. The van der Waals surface area contributed by atoms with Crippen molar-refractivity contribution < 1.29 is 9.53 Å². The Morgan fingerprint density at radius 1 is 1.12 bits per heavy atom. The van der Waals surface area contributed by atoms with Crippen LogP contribution in [0.25, 0.3) is 31.4 Å². The number of aromatic nitrogens is 1. The highest BCUT2D eigenvalue weighted by atomic mass is 32.1. The van der Waals surface area contributed by atoms with Crippen LogP contribution >= 0.6 is 11.3 Å². The number of hydrogen-bond donors (Lipinski definition) is 2. The van der Waals surface area contributed by atoms with E-state index in [1.165, 1.54) is 28.1 Å². The smallest absolute Gasteiger partial charge is 0.339 e. The Hall–Kier alpha value is -4.08. The summed E-state index contributed by atoms with van der Waals surface area (Å²) in [5.74, 6) is -0.432. The van der Waals surface area contributed by atoms with E-state index in [4.69, 9.17) is 4.74 Å². The molecule has 0 fully saturated rings. The maximum absolute atomic E-state index is 12.6. The van der Waals surface area contributed by atoms with E-state index < -0.39 is 12.0 Å². The third-order valence-corrected chi connectivity index (χ3v) is 7.16. The van der Waals surface area contributed by atoms with Gasteiger partial charge < -0.3 is 15.0 Å². The molecule has 1 atom stereocenters. The van der Waals surface area contributed by atoms with Gasteiger partial charge in [-0.3, -0.25) is 0 Å². The summed E-state index contributed by atoms with van der Waals surface area (Å²) in [4.78, 5) is 17.0. The summed E-state index contributed by atoms with van der Waals surface area (Å²) >= 11 is 1.68. The van der Waals surface area contributed by atoms with Crippen molar-refractivity contribution in [3.63, 3.8) is 0 Å². The fourth-order valence-electron chi connectivity index (χ4n) is 4.22. The van der Waals surface area contributed by atoms with Crippen LogP contribution in [0.5, 0.6) is 0 Å². The number of H-pyrrole nitrogens is 1. The van der Waals surface area contributed by atoms with Crippen LogP contribution in [0.4, 0.5) is 5.69 Å². The number of thiophene rings is 1. The molecule has 1 unspecified atom stereocenters. The molecule has 3 aromatic carbocycles. The summed E-state index contributed by atoms with van der Waals surface area (Å²) in [6.07, 6.45) is 3.35. The number of nitriles is 1. The molecule has 0 saturated heterocycles. The zero-order valence-electron chi connectivity index (χ0n) is 18.7. The molecule has 2 aromatic heterocycles. The van der Waals surface area contributed by atoms with E-state index in [0.29, 0.717) is 17.7 Å². The lowest BCUT2D eigenvalue weighted by Gasteiger charge is -2.16. The number of carbonyl (C=O) groups excluding carboxylic acids is 1. The molecule has 0 aliphatic heterocycles. The van der Waals surface area contributed by atoms with Crippen molar-refractivity contribution in [1.29, 1.82) is 5.26 Å². The summed E-state index contributed by atoms with van der Waals surface area (Å²) < 4.78 is 6.24. The van der Waals surface area contributed by atoms with Gasteiger partial charge in [0.05, 0.1) is 18.7 Å². The van der Waals surface area contributed by atoms with Crippen molar-refractivity contribution in [1.82, 2.24) is 4.98 Å². The number of esters is 1. The van der Waals surface area contributed by atoms with Crippen LogP contribution in [0.3, 0.4) is 0 Å². The van der Waals surface area contributed by atoms with Crippen molar-refractivity contribution in [2.45, 2.75) is 18.9 Å². The van der Waals surface area contributed by atoms with Crippen LogP contribution in [0.2, 0.25) is 0 Å². The molecule has 0 saturated carbocycles. The second kappa shape index (κ2) is 9.42. The molecule has 5 aromatic rings. The molecule has 2 N–H and O–H groups in total. The maximum atomic E-state index is 12.6. The van der Waals surface area contributed by atoms with Crippen molar-refractivity contribution in [3.8, 4) is 16.5 Å². The van der Waals surface area contributed by atoms with Crippen molar-refractivity contribution in [2.24, 2.45) is 0 Å². The van der Waals surface area contributed by atoms with Gasteiger partial charge >= 0.3 is 5.97 Å². The van der Waals surface area contributed by atoms with E-state index in [0.717, 1.165) is 22.4 Å². The van der Waals surface area contributed by atoms with Crippen LogP contribution in [0.1, 0.15) is 22.3 Å². The SMILES string of the molecule is COC(=O)c1cc(-c2cc3ccccc3s2)ccc1NC(C#N)CCc1c[nH]c2ccccc12. The second-order valence-electron chi connectivity index (χ2n) is 8.12. The van der Waals surface area contributed by atoms with Gasteiger partial charge in [0.2, 0.25) is 0 Å². The number of aryl methyl sites for hydroxylation is 1. The number of para-hydroxylation sites is 1. The number of benzene rings is 3. The van der Waals surface area contributed by atoms with Crippen LogP contribution in [-0.2, 0) is 11.2 Å². The van der Waals surface area contributed by atoms with E-state index in [1.54, 1.807) is 11.3 Å². The molecule has 5 nitrogen and oxygen atoms in total. The van der Waals surface area contributed by atoms with E-state index in [-0.39, 0.29) is 0 Å². The molecule has 168 valence electrons. The van der Waals surface area contributed by atoms with Gasteiger partial charge in [-0.15, -0.1) is 11.3 Å². The molecule has 0 amide bonds. The lowest BCUT2D eigenvalue weighted by atomic mass is 10.0. The first kappa shape index (κ1) is 21.7. The number of methoxy groups -OCH3 is 1. The Morgan fingerprint density at radius 3 is 2.76 bits per heavy atom. The minimum absolute atomic E-state index is 0.421. The fourth-order valence-corrected chi connectivity index (χ4v) is 5.28. The Morgan fingerprint density at radius 2 is 1.94 bits per heavy atom. The fraction of sp³-hybridized carbons (Fsp3) is 0.143. The van der Waals surface area contributed by atoms with E-state index in [1.807, 2.05) is 54.7 Å². The van der Waals surface area contributed by atoms with Gasteiger partial charge in [-0.2, -0.15) is 5.26 Å². The maximum Gasteiger partial charge on any atom is 0.339 e. The summed E-state index contributed by atoms with van der Waals surface area (Å²) in [5.41, 5.74) is 4.22. The zero-order chi connectivity index (χ0) is 23.5. The standard InChI is InChI=1S/C28H23N3O2S/c1-33-28(32)23-14-19(27-15-18-6-2-5-9-26(18)34-27)11-13-25(23)31-21(16-29)12-10-20-17-30-24-8-4-3-7-22(20)24/h2-9,11,13-15,17,21,30-31H,10,12H2,1H3. The highest BCUT2D eigenvalue weighted by Gasteiger charge is 2.18. The van der Waals surface area contributed by atoms with Crippen LogP contribution in [-0.4, -0.2) is 24.1 Å². The van der Waals surface area contributed by atoms with Gasteiger partial charge in [-0.1, -0.05) is 42.5 Å². The predicted molar refractivity (Wildman–Crippen MR) is 138 cm³/mol. The zero-order valence-corrected chi connectivity index (χ0v) is 19.5. The van der Waals surface area contributed by atoms with Crippen LogP contribution < -0.4 is 5.32 Å². The predicted octanol–water partition coefficient (Wildman–Crippen LogP) is 6.77.